The number of urea groups is 1. The fraction of sp³-hybridized carbons (Fsp3) is 0.889. The Labute approximate surface area is 83.2 Å². The van der Waals surface area contributed by atoms with E-state index < -0.39 is 0 Å². The number of carbonyl (C=O) groups is 1. The zero-order valence-electron chi connectivity index (χ0n) is 8.01. The van der Waals surface area contributed by atoms with E-state index in [-0.39, 0.29) is 6.03 Å². The van der Waals surface area contributed by atoms with Crippen molar-refractivity contribution in [3.8, 4) is 0 Å². The van der Waals surface area contributed by atoms with E-state index in [4.69, 9.17) is 0 Å². The number of hydrogen-bond acceptors (Lipinski definition) is 2. The third-order valence-corrected chi connectivity index (χ3v) is 4.53. The quantitative estimate of drug-likeness (QED) is 0.744. The molecule has 1 heterocycles. The van der Waals surface area contributed by atoms with Crippen molar-refractivity contribution in [2.24, 2.45) is 0 Å². The summed E-state index contributed by atoms with van der Waals surface area (Å²) in [7, 11) is 0. The van der Waals surface area contributed by atoms with Crippen LogP contribution in [-0.2, 0) is 0 Å². The van der Waals surface area contributed by atoms with E-state index in [1.165, 1.54) is 19.3 Å². The van der Waals surface area contributed by atoms with E-state index in [9.17, 15) is 4.79 Å². The van der Waals surface area contributed by atoms with Crippen molar-refractivity contribution in [3.05, 3.63) is 0 Å². The summed E-state index contributed by atoms with van der Waals surface area (Å²) in [6.45, 7) is 2.66. The second-order valence-electron chi connectivity index (χ2n) is 3.89. The predicted molar refractivity (Wildman–Crippen MR) is 55.1 cm³/mol. The molecular weight excluding hydrogens is 184 g/mol. The second-order valence-corrected chi connectivity index (χ2v) is 5.17. The van der Waals surface area contributed by atoms with E-state index in [2.05, 4.69) is 11.6 Å². The molecule has 2 rings (SSSR count). The first-order valence-corrected chi connectivity index (χ1v) is 6.06. The lowest BCUT2D eigenvalue weighted by molar-refractivity contribution is 0.200. The van der Waals surface area contributed by atoms with Crippen LogP contribution in [0.1, 0.15) is 19.3 Å². The van der Waals surface area contributed by atoms with Gasteiger partial charge in [-0.3, -0.25) is 0 Å². The van der Waals surface area contributed by atoms with Crippen LogP contribution in [0.3, 0.4) is 0 Å². The largest absolute Gasteiger partial charge is 0.336 e. The molecule has 1 saturated carbocycles. The van der Waals surface area contributed by atoms with Gasteiger partial charge in [0.25, 0.3) is 0 Å². The highest BCUT2D eigenvalue weighted by Crippen LogP contribution is 2.43. The number of rotatable bonds is 3. The Morgan fingerprint density at radius 2 is 2.38 bits per heavy atom. The monoisotopic (exact) mass is 200 g/mol. The molecule has 74 valence electrons. The van der Waals surface area contributed by atoms with Crippen molar-refractivity contribution in [1.29, 1.82) is 0 Å². The number of amides is 2. The zero-order chi connectivity index (χ0) is 9.31. The third kappa shape index (κ3) is 1.64. The van der Waals surface area contributed by atoms with Crippen LogP contribution < -0.4 is 5.32 Å². The standard InChI is InChI=1S/C9H16N2OS/c1-13-9(3-2-4-9)7-11-6-5-10-8(11)12/h2-7H2,1H3,(H,10,12). The first-order valence-electron chi connectivity index (χ1n) is 4.84. The van der Waals surface area contributed by atoms with Gasteiger partial charge in [-0.05, 0) is 19.1 Å². The molecule has 3 nitrogen and oxygen atoms in total. The number of thioether (sulfide) groups is 1. The van der Waals surface area contributed by atoms with E-state index in [1.54, 1.807) is 0 Å². The number of nitrogens with one attached hydrogen (secondary N) is 1. The molecule has 0 unspecified atom stereocenters. The Morgan fingerprint density at radius 3 is 2.77 bits per heavy atom. The molecule has 1 saturated heterocycles. The highest BCUT2D eigenvalue weighted by molar-refractivity contribution is 8.00. The first kappa shape index (κ1) is 9.19. The average molecular weight is 200 g/mol. The van der Waals surface area contributed by atoms with Crippen LogP contribution in [0.2, 0.25) is 0 Å². The summed E-state index contributed by atoms with van der Waals surface area (Å²) < 4.78 is 0.391. The van der Waals surface area contributed by atoms with Crippen molar-refractivity contribution >= 4 is 17.8 Å². The number of carbonyl (C=O) groups excluding carboxylic acids is 1. The van der Waals surface area contributed by atoms with Crippen molar-refractivity contribution < 1.29 is 4.79 Å². The smallest absolute Gasteiger partial charge is 0.317 e. The average Bonchev–Trinajstić information content (AvgIpc) is 2.44. The predicted octanol–water partition coefficient (Wildman–Crippen LogP) is 1.30. The molecule has 0 aromatic rings. The molecule has 0 atom stereocenters. The van der Waals surface area contributed by atoms with Crippen LogP contribution in [-0.4, -0.2) is 41.6 Å². The maximum Gasteiger partial charge on any atom is 0.317 e. The second kappa shape index (κ2) is 3.40. The third-order valence-electron chi connectivity index (χ3n) is 3.12. The lowest BCUT2D eigenvalue weighted by atomic mass is 9.84. The molecule has 4 heteroatoms. The highest BCUT2D eigenvalue weighted by atomic mass is 32.2. The number of hydrogen-bond donors (Lipinski definition) is 1. The molecule has 0 spiro atoms. The lowest BCUT2D eigenvalue weighted by Crippen LogP contribution is -2.46. The molecule has 13 heavy (non-hydrogen) atoms. The minimum Gasteiger partial charge on any atom is -0.336 e. The summed E-state index contributed by atoms with van der Waals surface area (Å²) in [4.78, 5) is 13.3. The Kier molecular flexibility index (Phi) is 2.41. The number of nitrogens with zero attached hydrogens (tertiary/aromatic N) is 1. The summed E-state index contributed by atoms with van der Waals surface area (Å²) in [6.07, 6.45) is 6.04. The topological polar surface area (TPSA) is 32.3 Å². The van der Waals surface area contributed by atoms with Gasteiger partial charge in [-0.15, -0.1) is 0 Å². The van der Waals surface area contributed by atoms with Crippen LogP contribution in [0.5, 0.6) is 0 Å². The van der Waals surface area contributed by atoms with Crippen LogP contribution >= 0.6 is 11.8 Å². The summed E-state index contributed by atoms with van der Waals surface area (Å²) in [5.41, 5.74) is 0. The van der Waals surface area contributed by atoms with Crippen LogP contribution in [0.25, 0.3) is 0 Å². The van der Waals surface area contributed by atoms with Gasteiger partial charge in [0.2, 0.25) is 0 Å². The molecule has 1 aliphatic carbocycles. The summed E-state index contributed by atoms with van der Waals surface area (Å²) in [6, 6.07) is 0.125. The molecular formula is C9H16N2OS. The Morgan fingerprint density at radius 1 is 1.62 bits per heavy atom. The Hall–Kier alpha value is -0.380. The van der Waals surface area contributed by atoms with Gasteiger partial charge in [-0.1, -0.05) is 6.42 Å². The van der Waals surface area contributed by atoms with Crippen LogP contribution in [0.4, 0.5) is 4.79 Å². The maximum atomic E-state index is 11.3. The van der Waals surface area contributed by atoms with Gasteiger partial charge in [0, 0.05) is 24.4 Å². The van der Waals surface area contributed by atoms with Gasteiger partial charge in [-0.2, -0.15) is 11.8 Å². The van der Waals surface area contributed by atoms with Gasteiger partial charge >= 0.3 is 6.03 Å². The van der Waals surface area contributed by atoms with Crippen LogP contribution in [0, 0.1) is 0 Å². The summed E-state index contributed by atoms with van der Waals surface area (Å²) >= 11 is 1.93. The fourth-order valence-corrected chi connectivity index (χ4v) is 2.99. The molecule has 0 aromatic carbocycles. The van der Waals surface area contributed by atoms with E-state index in [0.29, 0.717) is 4.75 Å². The maximum absolute atomic E-state index is 11.3. The molecule has 2 amide bonds. The highest BCUT2D eigenvalue weighted by Gasteiger charge is 2.39. The van der Waals surface area contributed by atoms with E-state index in [1.807, 2.05) is 16.7 Å². The van der Waals surface area contributed by atoms with Crippen molar-refractivity contribution in [2.75, 3.05) is 25.9 Å². The first-order chi connectivity index (χ1) is 6.26. The molecule has 2 fully saturated rings. The van der Waals surface area contributed by atoms with Gasteiger partial charge in [0.05, 0.1) is 0 Å². The molecule has 0 bridgehead atoms. The lowest BCUT2D eigenvalue weighted by Gasteiger charge is -2.42. The van der Waals surface area contributed by atoms with Crippen LogP contribution in [0.15, 0.2) is 0 Å². The normalized spacial score (nSPS) is 25.6. The van der Waals surface area contributed by atoms with E-state index in [0.717, 1.165) is 19.6 Å². The SMILES string of the molecule is CSC1(CN2CCNC2=O)CCC1. The summed E-state index contributed by atoms with van der Waals surface area (Å²) in [5, 5.41) is 2.84. The van der Waals surface area contributed by atoms with Gasteiger partial charge < -0.3 is 10.2 Å². The minimum absolute atomic E-state index is 0.125. The molecule has 1 aliphatic heterocycles. The van der Waals surface area contributed by atoms with Gasteiger partial charge in [0.15, 0.2) is 0 Å². The van der Waals surface area contributed by atoms with Gasteiger partial charge in [-0.25, -0.2) is 4.79 Å². The van der Waals surface area contributed by atoms with Crippen molar-refractivity contribution in [1.82, 2.24) is 10.2 Å². The van der Waals surface area contributed by atoms with Gasteiger partial charge in [0.1, 0.15) is 0 Å². The van der Waals surface area contributed by atoms with Crippen molar-refractivity contribution in [2.45, 2.75) is 24.0 Å². The Bertz CT molecular complexity index is 210. The Balaban J connectivity index is 1.92. The molecule has 0 radical (unpaired) electrons. The molecule has 0 aromatic heterocycles. The molecule has 2 aliphatic rings. The minimum atomic E-state index is 0.125. The summed E-state index contributed by atoms with van der Waals surface area (Å²) in [5.74, 6) is 0. The zero-order valence-corrected chi connectivity index (χ0v) is 8.82. The van der Waals surface area contributed by atoms with Crippen molar-refractivity contribution in [3.63, 3.8) is 0 Å². The molecule has 1 N–H and O–H groups in total. The fourth-order valence-electron chi connectivity index (χ4n) is 2.01. The van der Waals surface area contributed by atoms with E-state index >= 15 is 0 Å².